The lowest BCUT2D eigenvalue weighted by Crippen LogP contribution is -2.21. The molecule has 0 aromatic rings. The van der Waals surface area contributed by atoms with Crippen molar-refractivity contribution in [3.05, 3.63) is 35.2 Å². The second kappa shape index (κ2) is 2.08. The van der Waals surface area contributed by atoms with E-state index in [0.717, 1.165) is 6.54 Å². The summed E-state index contributed by atoms with van der Waals surface area (Å²) >= 11 is 0. The minimum Gasteiger partial charge on any atom is -0.324 e. The lowest BCUT2D eigenvalue weighted by Gasteiger charge is -2.13. The molecular formula is C9H9N3. The van der Waals surface area contributed by atoms with Crippen molar-refractivity contribution in [2.24, 2.45) is 10.9 Å². The number of fused-ring (bicyclic) bond motifs is 2. The monoisotopic (exact) mass is 159 g/mol. The van der Waals surface area contributed by atoms with Crippen LogP contribution in [-0.4, -0.2) is 12.8 Å². The number of nitrogens with zero attached hydrogens (tertiary/aromatic N) is 1. The summed E-state index contributed by atoms with van der Waals surface area (Å²) in [5.74, 6) is 0.515. The van der Waals surface area contributed by atoms with E-state index in [4.69, 9.17) is 0 Å². The normalized spacial score (nSPS) is 30.0. The third kappa shape index (κ3) is 0.662. The van der Waals surface area contributed by atoms with Gasteiger partial charge < -0.3 is 5.43 Å². The van der Waals surface area contributed by atoms with Crippen molar-refractivity contribution in [3.8, 4) is 0 Å². The molecule has 3 nitrogen and oxygen atoms in total. The molecule has 1 aliphatic carbocycles. The van der Waals surface area contributed by atoms with Gasteiger partial charge in [-0.05, 0) is 0 Å². The van der Waals surface area contributed by atoms with Gasteiger partial charge in [-0.3, -0.25) is 4.99 Å². The summed E-state index contributed by atoms with van der Waals surface area (Å²) in [7, 11) is 0. The fraction of sp³-hybridized carbons (Fsp3) is 0.222. The highest BCUT2D eigenvalue weighted by Gasteiger charge is 2.26. The van der Waals surface area contributed by atoms with Gasteiger partial charge in [0.2, 0.25) is 0 Å². The maximum absolute atomic E-state index is 4.12. The summed E-state index contributed by atoms with van der Waals surface area (Å²) in [6.45, 7) is 0.983. The first-order valence-corrected chi connectivity index (χ1v) is 4.10. The van der Waals surface area contributed by atoms with Crippen molar-refractivity contribution in [1.82, 2.24) is 10.9 Å². The SMILES string of the molecule is C1=CC2CNNC2=C2C=NC=C12. The van der Waals surface area contributed by atoms with E-state index >= 15 is 0 Å². The third-order valence-corrected chi connectivity index (χ3v) is 2.44. The highest BCUT2D eigenvalue weighted by Crippen LogP contribution is 2.29. The van der Waals surface area contributed by atoms with Crippen LogP contribution in [0, 0.1) is 5.92 Å². The Kier molecular flexibility index (Phi) is 1.07. The van der Waals surface area contributed by atoms with E-state index in [1.165, 1.54) is 16.8 Å². The first-order chi connectivity index (χ1) is 5.95. The summed E-state index contributed by atoms with van der Waals surface area (Å²) in [6, 6.07) is 0. The van der Waals surface area contributed by atoms with E-state index in [0.29, 0.717) is 5.92 Å². The Bertz CT molecular complexity index is 347. The molecule has 1 saturated heterocycles. The topological polar surface area (TPSA) is 36.4 Å². The molecule has 1 unspecified atom stereocenters. The number of aliphatic imine (C=N–C) groups is 1. The van der Waals surface area contributed by atoms with Gasteiger partial charge in [0.15, 0.2) is 0 Å². The molecule has 1 atom stereocenters. The molecule has 3 aliphatic rings. The first-order valence-electron chi connectivity index (χ1n) is 4.10. The summed E-state index contributed by atoms with van der Waals surface area (Å²) in [6.07, 6.45) is 8.17. The average molecular weight is 159 g/mol. The molecule has 0 spiro atoms. The van der Waals surface area contributed by atoms with Crippen LogP contribution in [0.2, 0.25) is 0 Å². The molecule has 60 valence electrons. The van der Waals surface area contributed by atoms with Crippen LogP contribution < -0.4 is 10.9 Å². The highest BCUT2D eigenvalue weighted by molar-refractivity contribution is 5.91. The molecule has 2 heterocycles. The predicted molar refractivity (Wildman–Crippen MR) is 47.4 cm³/mol. The van der Waals surface area contributed by atoms with Gasteiger partial charge >= 0.3 is 0 Å². The molecule has 3 heteroatoms. The molecule has 12 heavy (non-hydrogen) atoms. The summed E-state index contributed by atoms with van der Waals surface area (Å²) < 4.78 is 0. The van der Waals surface area contributed by atoms with Gasteiger partial charge in [-0.2, -0.15) is 0 Å². The van der Waals surface area contributed by atoms with Gasteiger partial charge in [-0.25, -0.2) is 5.43 Å². The van der Waals surface area contributed by atoms with Crippen molar-refractivity contribution < 1.29 is 0 Å². The Morgan fingerprint density at radius 1 is 1.50 bits per heavy atom. The molecule has 2 N–H and O–H groups in total. The molecule has 0 bridgehead atoms. The number of hydrogen-bond donors (Lipinski definition) is 2. The Morgan fingerprint density at radius 2 is 2.50 bits per heavy atom. The number of allylic oxidation sites excluding steroid dienone is 3. The molecule has 3 rings (SSSR count). The van der Waals surface area contributed by atoms with Gasteiger partial charge in [0.05, 0.1) is 0 Å². The summed E-state index contributed by atoms with van der Waals surface area (Å²) in [5.41, 5.74) is 10.0. The first kappa shape index (κ1) is 6.20. The van der Waals surface area contributed by atoms with Gasteiger partial charge in [-0.15, -0.1) is 0 Å². The van der Waals surface area contributed by atoms with Gasteiger partial charge in [-0.1, -0.05) is 12.2 Å². The maximum Gasteiger partial charge on any atom is 0.0438 e. The minimum absolute atomic E-state index is 0.515. The zero-order valence-electron chi connectivity index (χ0n) is 6.54. The van der Waals surface area contributed by atoms with Crippen LogP contribution >= 0.6 is 0 Å². The molecule has 0 aromatic carbocycles. The molecule has 0 radical (unpaired) electrons. The summed E-state index contributed by atoms with van der Waals surface area (Å²) in [4.78, 5) is 4.12. The Morgan fingerprint density at radius 3 is 3.50 bits per heavy atom. The molecule has 0 aromatic heterocycles. The highest BCUT2D eigenvalue weighted by atomic mass is 15.4. The maximum atomic E-state index is 4.12. The van der Waals surface area contributed by atoms with Crippen molar-refractivity contribution in [1.29, 1.82) is 0 Å². The summed E-state index contributed by atoms with van der Waals surface area (Å²) in [5, 5.41) is 0. The minimum atomic E-state index is 0.515. The van der Waals surface area contributed by atoms with Crippen LogP contribution in [0.25, 0.3) is 0 Å². The van der Waals surface area contributed by atoms with Gasteiger partial charge in [0, 0.05) is 41.7 Å². The molecule has 0 saturated carbocycles. The van der Waals surface area contributed by atoms with Crippen molar-refractivity contribution >= 4 is 6.21 Å². The van der Waals surface area contributed by atoms with Crippen LogP contribution in [0.5, 0.6) is 0 Å². The van der Waals surface area contributed by atoms with Crippen LogP contribution in [0.15, 0.2) is 40.2 Å². The van der Waals surface area contributed by atoms with E-state index in [1.54, 1.807) is 0 Å². The number of nitrogens with one attached hydrogen (secondary N) is 2. The van der Waals surface area contributed by atoms with Crippen molar-refractivity contribution in [3.63, 3.8) is 0 Å². The van der Waals surface area contributed by atoms with E-state index in [2.05, 4.69) is 28.0 Å². The van der Waals surface area contributed by atoms with Crippen LogP contribution in [-0.2, 0) is 0 Å². The van der Waals surface area contributed by atoms with Crippen LogP contribution in [0.4, 0.5) is 0 Å². The number of rotatable bonds is 0. The molecular weight excluding hydrogens is 150 g/mol. The molecule has 2 aliphatic heterocycles. The quantitative estimate of drug-likeness (QED) is 0.540. The Balaban J connectivity index is 2.17. The Labute approximate surface area is 70.5 Å². The van der Waals surface area contributed by atoms with Crippen LogP contribution in [0.1, 0.15) is 0 Å². The van der Waals surface area contributed by atoms with E-state index < -0.39 is 0 Å². The van der Waals surface area contributed by atoms with Crippen molar-refractivity contribution in [2.75, 3.05) is 6.54 Å². The largest absolute Gasteiger partial charge is 0.324 e. The average Bonchev–Trinajstić information content (AvgIpc) is 2.71. The second-order valence-electron chi connectivity index (χ2n) is 3.16. The fourth-order valence-corrected chi connectivity index (χ4v) is 1.80. The fourth-order valence-electron chi connectivity index (χ4n) is 1.80. The van der Waals surface area contributed by atoms with E-state index in [9.17, 15) is 0 Å². The Hall–Kier alpha value is -1.35. The predicted octanol–water partition coefficient (Wildman–Crippen LogP) is 0.503. The van der Waals surface area contributed by atoms with Gasteiger partial charge in [0.1, 0.15) is 0 Å². The molecule has 1 fully saturated rings. The third-order valence-electron chi connectivity index (χ3n) is 2.44. The van der Waals surface area contributed by atoms with E-state index in [1.807, 2.05) is 12.4 Å². The smallest absolute Gasteiger partial charge is 0.0438 e. The number of hydrazine groups is 1. The zero-order valence-corrected chi connectivity index (χ0v) is 6.54. The zero-order chi connectivity index (χ0) is 7.97. The van der Waals surface area contributed by atoms with Crippen molar-refractivity contribution in [2.45, 2.75) is 0 Å². The lowest BCUT2D eigenvalue weighted by atomic mass is 9.92. The van der Waals surface area contributed by atoms with E-state index in [-0.39, 0.29) is 0 Å². The molecule has 0 amide bonds. The lowest BCUT2D eigenvalue weighted by molar-refractivity contribution is 0.708. The second-order valence-corrected chi connectivity index (χ2v) is 3.16. The number of hydrogen-bond acceptors (Lipinski definition) is 3. The van der Waals surface area contributed by atoms with Gasteiger partial charge in [0.25, 0.3) is 0 Å². The standard InChI is InChI=1S/C9H9N3/c1-2-7-4-11-12-9(7)8-5-10-3-6(1)8/h1-3,5,7,11-12H,4H2. The van der Waals surface area contributed by atoms with Crippen LogP contribution in [0.3, 0.4) is 0 Å².